The van der Waals surface area contributed by atoms with Crippen molar-refractivity contribution >= 4 is 5.69 Å². The van der Waals surface area contributed by atoms with E-state index in [9.17, 15) is 8.78 Å². The van der Waals surface area contributed by atoms with Gasteiger partial charge in [-0.15, -0.1) is 0 Å². The highest BCUT2D eigenvalue weighted by molar-refractivity contribution is 5.51. The van der Waals surface area contributed by atoms with E-state index in [1.807, 2.05) is 13.8 Å². The molecular formula is C15H15F2NO2. The molecule has 0 spiro atoms. The summed E-state index contributed by atoms with van der Waals surface area (Å²) in [5, 5.41) is 0. The van der Waals surface area contributed by atoms with Crippen molar-refractivity contribution in [2.24, 2.45) is 0 Å². The molecule has 0 saturated heterocycles. The second-order valence-electron chi connectivity index (χ2n) is 4.58. The lowest BCUT2D eigenvalue weighted by Gasteiger charge is -2.13. The molecule has 2 aromatic carbocycles. The SMILES string of the molecule is CC(C)Oc1cc(N)cc(Oc2ccc(F)c(F)c2)c1. The van der Waals surface area contributed by atoms with Gasteiger partial charge in [-0.05, 0) is 26.0 Å². The quantitative estimate of drug-likeness (QED) is 0.856. The largest absolute Gasteiger partial charge is 0.491 e. The van der Waals surface area contributed by atoms with Crippen molar-refractivity contribution in [3.8, 4) is 17.2 Å². The first-order valence-corrected chi connectivity index (χ1v) is 6.14. The number of ether oxygens (including phenoxy) is 2. The van der Waals surface area contributed by atoms with E-state index in [-0.39, 0.29) is 11.9 Å². The molecule has 0 aliphatic heterocycles. The highest BCUT2D eigenvalue weighted by Gasteiger charge is 2.07. The van der Waals surface area contributed by atoms with Crippen LogP contribution < -0.4 is 15.2 Å². The van der Waals surface area contributed by atoms with E-state index in [0.29, 0.717) is 17.2 Å². The molecule has 0 amide bonds. The number of rotatable bonds is 4. The maximum atomic E-state index is 13.1. The Hall–Kier alpha value is -2.30. The van der Waals surface area contributed by atoms with E-state index >= 15 is 0 Å². The molecule has 2 rings (SSSR count). The molecule has 0 aliphatic carbocycles. The van der Waals surface area contributed by atoms with Crippen LogP contribution in [0, 0.1) is 11.6 Å². The van der Waals surface area contributed by atoms with E-state index in [1.54, 1.807) is 18.2 Å². The van der Waals surface area contributed by atoms with Crippen LogP contribution in [-0.4, -0.2) is 6.10 Å². The van der Waals surface area contributed by atoms with Gasteiger partial charge in [-0.1, -0.05) is 0 Å². The second-order valence-corrected chi connectivity index (χ2v) is 4.58. The predicted molar refractivity (Wildman–Crippen MR) is 73.1 cm³/mol. The maximum absolute atomic E-state index is 13.1. The molecule has 0 bridgehead atoms. The summed E-state index contributed by atoms with van der Waals surface area (Å²) < 4.78 is 36.9. The topological polar surface area (TPSA) is 44.5 Å². The van der Waals surface area contributed by atoms with Gasteiger partial charge in [0, 0.05) is 30.0 Å². The fraction of sp³-hybridized carbons (Fsp3) is 0.200. The Kier molecular flexibility index (Phi) is 4.08. The third kappa shape index (κ3) is 3.60. The van der Waals surface area contributed by atoms with Crippen LogP contribution in [0.1, 0.15) is 13.8 Å². The van der Waals surface area contributed by atoms with E-state index in [2.05, 4.69) is 0 Å². The highest BCUT2D eigenvalue weighted by atomic mass is 19.2. The van der Waals surface area contributed by atoms with Crippen LogP contribution in [0.4, 0.5) is 14.5 Å². The van der Waals surface area contributed by atoms with E-state index < -0.39 is 11.6 Å². The minimum atomic E-state index is -0.968. The average Bonchev–Trinajstić information content (AvgIpc) is 2.32. The summed E-state index contributed by atoms with van der Waals surface area (Å²) >= 11 is 0. The molecule has 20 heavy (non-hydrogen) atoms. The number of anilines is 1. The average molecular weight is 279 g/mol. The number of nitrogen functional groups attached to an aromatic ring is 1. The predicted octanol–water partition coefficient (Wildman–Crippen LogP) is 4.13. The molecular weight excluding hydrogens is 264 g/mol. The van der Waals surface area contributed by atoms with E-state index in [0.717, 1.165) is 12.1 Å². The zero-order valence-electron chi connectivity index (χ0n) is 11.2. The molecule has 2 N–H and O–H groups in total. The summed E-state index contributed by atoms with van der Waals surface area (Å²) in [6, 6.07) is 8.19. The van der Waals surface area contributed by atoms with Gasteiger partial charge in [0.25, 0.3) is 0 Å². The van der Waals surface area contributed by atoms with Gasteiger partial charge in [0.1, 0.15) is 17.2 Å². The number of hydrogen-bond donors (Lipinski definition) is 1. The molecule has 3 nitrogen and oxygen atoms in total. The Bertz CT molecular complexity index is 615. The molecule has 0 radical (unpaired) electrons. The molecule has 2 aromatic rings. The molecule has 0 fully saturated rings. The van der Waals surface area contributed by atoms with Crippen molar-refractivity contribution in [2.45, 2.75) is 20.0 Å². The Morgan fingerprint density at radius 1 is 0.900 bits per heavy atom. The lowest BCUT2D eigenvalue weighted by Crippen LogP contribution is -2.05. The minimum absolute atomic E-state index is 0.00656. The molecule has 0 heterocycles. The number of benzene rings is 2. The third-order valence-corrected chi connectivity index (χ3v) is 2.40. The summed E-state index contributed by atoms with van der Waals surface area (Å²) in [6.07, 6.45) is -0.00656. The van der Waals surface area contributed by atoms with Gasteiger partial charge in [0.2, 0.25) is 0 Å². The number of halogens is 2. The van der Waals surface area contributed by atoms with E-state index in [1.165, 1.54) is 6.07 Å². The lowest BCUT2D eigenvalue weighted by atomic mass is 10.2. The number of hydrogen-bond acceptors (Lipinski definition) is 3. The molecule has 0 aromatic heterocycles. The number of nitrogens with two attached hydrogens (primary N) is 1. The van der Waals surface area contributed by atoms with Crippen LogP contribution in [0.15, 0.2) is 36.4 Å². The summed E-state index contributed by atoms with van der Waals surface area (Å²) in [5.74, 6) is -0.756. The fourth-order valence-electron chi connectivity index (χ4n) is 1.67. The molecule has 0 atom stereocenters. The van der Waals surface area contributed by atoms with Gasteiger partial charge >= 0.3 is 0 Å². The summed E-state index contributed by atoms with van der Waals surface area (Å²) in [5.41, 5.74) is 6.21. The minimum Gasteiger partial charge on any atom is -0.491 e. The van der Waals surface area contributed by atoms with Gasteiger partial charge < -0.3 is 15.2 Å². The molecule has 106 valence electrons. The Morgan fingerprint density at radius 2 is 1.60 bits per heavy atom. The van der Waals surface area contributed by atoms with Gasteiger partial charge in [-0.3, -0.25) is 0 Å². The van der Waals surface area contributed by atoms with E-state index in [4.69, 9.17) is 15.2 Å². The standard InChI is InChI=1S/C15H15F2NO2/c1-9(2)19-12-5-10(18)6-13(7-12)20-11-3-4-14(16)15(17)8-11/h3-9H,18H2,1-2H3. The molecule has 0 saturated carbocycles. The Balaban J connectivity index is 2.24. The fourth-order valence-corrected chi connectivity index (χ4v) is 1.67. The van der Waals surface area contributed by atoms with Crippen LogP contribution in [0.25, 0.3) is 0 Å². The molecule has 0 unspecified atom stereocenters. The third-order valence-electron chi connectivity index (χ3n) is 2.40. The van der Waals surface area contributed by atoms with Gasteiger partial charge in [-0.2, -0.15) is 0 Å². The Morgan fingerprint density at radius 3 is 2.25 bits per heavy atom. The van der Waals surface area contributed by atoms with Crippen molar-refractivity contribution in [3.63, 3.8) is 0 Å². The van der Waals surface area contributed by atoms with Gasteiger partial charge in [0.05, 0.1) is 6.10 Å². The second kappa shape index (κ2) is 5.77. The van der Waals surface area contributed by atoms with Gasteiger partial charge in [-0.25, -0.2) is 8.78 Å². The zero-order chi connectivity index (χ0) is 14.7. The van der Waals surface area contributed by atoms with Crippen molar-refractivity contribution in [1.82, 2.24) is 0 Å². The van der Waals surface area contributed by atoms with Crippen LogP contribution in [-0.2, 0) is 0 Å². The summed E-state index contributed by atoms with van der Waals surface area (Å²) in [7, 11) is 0. The first-order chi connectivity index (χ1) is 9.44. The van der Waals surface area contributed by atoms with Crippen molar-refractivity contribution in [2.75, 3.05) is 5.73 Å². The zero-order valence-corrected chi connectivity index (χ0v) is 11.2. The first-order valence-electron chi connectivity index (χ1n) is 6.14. The van der Waals surface area contributed by atoms with Crippen molar-refractivity contribution in [1.29, 1.82) is 0 Å². The van der Waals surface area contributed by atoms with Crippen LogP contribution >= 0.6 is 0 Å². The Labute approximate surface area is 115 Å². The normalized spacial score (nSPS) is 10.7. The lowest BCUT2D eigenvalue weighted by molar-refractivity contribution is 0.242. The van der Waals surface area contributed by atoms with Crippen LogP contribution in [0.3, 0.4) is 0 Å². The van der Waals surface area contributed by atoms with Crippen LogP contribution in [0.2, 0.25) is 0 Å². The van der Waals surface area contributed by atoms with Gasteiger partial charge in [0.15, 0.2) is 11.6 Å². The first kappa shape index (κ1) is 14.1. The summed E-state index contributed by atoms with van der Waals surface area (Å²) in [4.78, 5) is 0. The maximum Gasteiger partial charge on any atom is 0.162 e. The summed E-state index contributed by atoms with van der Waals surface area (Å²) in [6.45, 7) is 3.78. The van der Waals surface area contributed by atoms with Crippen molar-refractivity contribution in [3.05, 3.63) is 48.0 Å². The van der Waals surface area contributed by atoms with Crippen LogP contribution in [0.5, 0.6) is 17.2 Å². The molecule has 5 heteroatoms. The molecule has 0 aliphatic rings. The monoisotopic (exact) mass is 279 g/mol. The smallest absolute Gasteiger partial charge is 0.162 e. The van der Waals surface area contributed by atoms with Crippen molar-refractivity contribution < 1.29 is 18.3 Å². The highest BCUT2D eigenvalue weighted by Crippen LogP contribution is 2.29.